The van der Waals surface area contributed by atoms with Crippen molar-refractivity contribution in [2.24, 2.45) is 0 Å². The number of ether oxygens (including phenoxy) is 1. The second-order valence-electron chi connectivity index (χ2n) is 11.9. The molecule has 0 saturated carbocycles. The number of carbonyl (C=O) groups is 3. The molecule has 4 aromatic rings. The summed E-state index contributed by atoms with van der Waals surface area (Å²) in [6.45, 7) is 1.28. The second kappa shape index (κ2) is 14.9. The topological polar surface area (TPSA) is 128 Å². The zero-order valence-corrected chi connectivity index (χ0v) is 27.3. The molecule has 49 heavy (non-hydrogen) atoms. The maximum absolute atomic E-state index is 15.0. The van der Waals surface area contributed by atoms with Gasteiger partial charge in [-0.2, -0.15) is 0 Å². The van der Waals surface area contributed by atoms with Gasteiger partial charge in [-0.05, 0) is 94.3 Å². The average Bonchev–Trinajstić information content (AvgIpc) is 3.42. The van der Waals surface area contributed by atoms with Crippen molar-refractivity contribution in [3.63, 3.8) is 0 Å². The molecule has 0 spiro atoms. The maximum atomic E-state index is 15.0. The lowest BCUT2D eigenvalue weighted by molar-refractivity contribution is -0.136. The summed E-state index contributed by atoms with van der Waals surface area (Å²) in [5.41, 5.74) is 5.85. The van der Waals surface area contributed by atoms with Gasteiger partial charge in [-0.1, -0.05) is 42.5 Å². The minimum atomic E-state index is -0.799. The summed E-state index contributed by atoms with van der Waals surface area (Å²) in [4.78, 5) is 38.1. The summed E-state index contributed by atoms with van der Waals surface area (Å²) in [7, 11) is 0. The Hall–Kier alpha value is -5.19. The highest BCUT2D eigenvalue weighted by atomic mass is 35.5. The first-order valence-electron chi connectivity index (χ1n) is 16.0. The molecule has 1 saturated heterocycles. The summed E-state index contributed by atoms with van der Waals surface area (Å²) < 4.78 is 21.0. The van der Waals surface area contributed by atoms with E-state index in [1.165, 1.54) is 11.0 Å². The van der Waals surface area contributed by atoms with Crippen LogP contribution >= 0.6 is 11.6 Å². The van der Waals surface area contributed by atoms with Crippen molar-refractivity contribution in [2.75, 3.05) is 19.0 Å². The van der Waals surface area contributed by atoms with Crippen LogP contribution in [-0.4, -0.2) is 57.9 Å². The first-order chi connectivity index (χ1) is 23.7. The summed E-state index contributed by atoms with van der Waals surface area (Å²) >= 11 is 6.24. The first kappa shape index (κ1) is 33.7. The number of hydrogen-bond donors (Lipinski definition) is 4. The van der Waals surface area contributed by atoms with Crippen LogP contribution in [0.1, 0.15) is 57.4 Å². The van der Waals surface area contributed by atoms with Crippen LogP contribution in [0.2, 0.25) is 0 Å². The molecule has 4 N–H and O–H groups in total. The predicted octanol–water partition coefficient (Wildman–Crippen LogP) is 5.75. The maximum Gasteiger partial charge on any atom is 0.258 e. The van der Waals surface area contributed by atoms with Crippen LogP contribution < -0.4 is 15.4 Å². The van der Waals surface area contributed by atoms with Crippen LogP contribution in [0.5, 0.6) is 17.2 Å². The van der Waals surface area contributed by atoms with E-state index in [0.717, 1.165) is 27.8 Å². The van der Waals surface area contributed by atoms with Crippen molar-refractivity contribution in [1.29, 1.82) is 0 Å². The highest BCUT2D eigenvalue weighted by molar-refractivity contribution is 6.18. The Balaban J connectivity index is 1.09. The fourth-order valence-corrected chi connectivity index (χ4v) is 6.52. The number of allylic oxidation sites excluding steroid dienone is 1. The van der Waals surface area contributed by atoms with Gasteiger partial charge in [-0.15, -0.1) is 11.6 Å². The zero-order chi connectivity index (χ0) is 34.5. The van der Waals surface area contributed by atoms with Gasteiger partial charge in [0.15, 0.2) is 0 Å². The van der Waals surface area contributed by atoms with Crippen molar-refractivity contribution in [2.45, 2.75) is 38.4 Å². The highest BCUT2D eigenvalue weighted by Gasteiger charge is 2.40. The van der Waals surface area contributed by atoms with Crippen LogP contribution in [0, 0.1) is 5.82 Å². The van der Waals surface area contributed by atoms with E-state index in [1.807, 2.05) is 48.5 Å². The summed E-state index contributed by atoms with van der Waals surface area (Å²) in [5.74, 6) is -0.691. The molecular formula is C38H35ClFN3O6. The molecule has 0 radical (unpaired) electrons. The number of nitrogens with one attached hydrogen (secondary N) is 2. The smallest absolute Gasteiger partial charge is 0.258 e. The van der Waals surface area contributed by atoms with Gasteiger partial charge in [-0.3, -0.25) is 19.7 Å². The third-order valence-corrected chi connectivity index (χ3v) is 8.86. The molecule has 0 bridgehead atoms. The lowest BCUT2D eigenvalue weighted by Crippen LogP contribution is -2.52. The third kappa shape index (κ3) is 7.61. The Morgan fingerprint density at radius 2 is 1.55 bits per heavy atom. The van der Waals surface area contributed by atoms with E-state index in [-0.39, 0.29) is 42.4 Å². The van der Waals surface area contributed by atoms with Crippen LogP contribution in [0.25, 0.3) is 11.1 Å². The van der Waals surface area contributed by atoms with Gasteiger partial charge in [-0.25, -0.2) is 4.39 Å². The third-order valence-electron chi connectivity index (χ3n) is 8.67. The minimum absolute atomic E-state index is 0.0264. The Morgan fingerprint density at radius 1 is 0.918 bits per heavy atom. The number of hydrogen-bond acceptors (Lipinski definition) is 7. The number of nitrogens with zero attached hydrogens (tertiary/aromatic N) is 1. The summed E-state index contributed by atoms with van der Waals surface area (Å²) in [6, 6.07) is 24.0. The number of imide groups is 1. The first-order valence-corrected chi connectivity index (χ1v) is 16.5. The highest BCUT2D eigenvalue weighted by Crippen LogP contribution is 2.36. The lowest BCUT2D eigenvalue weighted by Gasteiger charge is -2.29. The van der Waals surface area contributed by atoms with Gasteiger partial charge in [0.05, 0.1) is 5.56 Å². The second-order valence-corrected chi connectivity index (χ2v) is 12.3. The molecule has 1 fully saturated rings. The van der Waals surface area contributed by atoms with Gasteiger partial charge < -0.3 is 25.2 Å². The van der Waals surface area contributed by atoms with E-state index in [1.54, 1.807) is 30.3 Å². The van der Waals surface area contributed by atoms with E-state index in [0.29, 0.717) is 48.9 Å². The van der Waals surface area contributed by atoms with Gasteiger partial charge >= 0.3 is 0 Å². The Bertz CT molecular complexity index is 1890. The number of amides is 3. The van der Waals surface area contributed by atoms with Crippen molar-refractivity contribution in [3.8, 4) is 17.2 Å². The monoisotopic (exact) mass is 683 g/mol. The van der Waals surface area contributed by atoms with E-state index < -0.39 is 23.7 Å². The Kier molecular flexibility index (Phi) is 10.3. The number of rotatable bonds is 12. The predicted molar refractivity (Wildman–Crippen MR) is 184 cm³/mol. The number of phenols is 2. The Labute approximate surface area is 288 Å². The number of alkyl halides is 1. The van der Waals surface area contributed by atoms with Crippen LogP contribution in [0.4, 0.5) is 4.39 Å². The fourth-order valence-electron chi connectivity index (χ4n) is 6.33. The van der Waals surface area contributed by atoms with Crippen LogP contribution in [-0.2, 0) is 22.7 Å². The summed E-state index contributed by atoms with van der Waals surface area (Å²) in [6.07, 6.45) is 0.929. The molecule has 1 unspecified atom stereocenters. The number of aromatic hydroxyl groups is 2. The van der Waals surface area contributed by atoms with Crippen molar-refractivity contribution < 1.29 is 33.7 Å². The van der Waals surface area contributed by atoms with Gasteiger partial charge in [0.2, 0.25) is 11.8 Å². The number of carbonyl (C=O) groups excluding carboxylic acids is 3. The zero-order valence-electron chi connectivity index (χ0n) is 26.5. The van der Waals surface area contributed by atoms with E-state index >= 15 is 4.39 Å². The van der Waals surface area contributed by atoms with E-state index in [9.17, 15) is 24.6 Å². The van der Waals surface area contributed by atoms with E-state index in [2.05, 4.69) is 10.6 Å². The molecule has 11 heteroatoms. The largest absolute Gasteiger partial charge is 0.508 e. The number of phenolic OH excluding ortho intramolecular Hbond substituents is 2. The van der Waals surface area contributed by atoms with Gasteiger partial charge in [0, 0.05) is 31.9 Å². The lowest BCUT2D eigenvalue weighted by atomic mass is 9.88. The molecule has 0 aromatic heterocycles. The van der Waals surface area contributed by atoms with Crippen molar-refractivity contribution >= 4 is 40.5 Å². The molecule has 3 amide bonds. The number of halogens is 2. The normalized spacial score (nSPS) is 16.3. The molecule has 4 aromatic carbocycles. The standard InChI is InChI=1S/C38H35ClFN3O6/c39-16-15-31(24-1-7-28(44)8-2-24)35(25-3-9-29(45)10-4-25)26-5-11-30(12-6-26)49-18-17-41-21-23-19-27-22-43(38(48)36(27)32(40)20-23)33-13-14-34(46)42-37(33)47/h1-12,19-20,33,41,44-45H,13-18,21-22H2,(H,42,46,47)/b35-31+. The quantitative estimate of drug-likeness (QED) is 0.0648. The molecule has 6 rings (SSSR count). The molecule has 0 aliphatic carbocycles. The molecular weight excluding hydrogens is 649 g/mol. The minimum Gasteiger partial charge on any atom is -0.508 e. The molecule has 9 nitrogen and oxygen atoms in total. The number of piperidine rings is 1. The van der Waals surface area contributed by atoms with Crippen LogP contribution in [0.3, 0.4) is 0 Å². The fraction of sp³-hybridized carbons (Fsp3) is 0.237. The number of benzene rings is 4. The van der Waals surface area contributed by atoms with Crippen molar-refractivity contribution in [1.82, 2.24) is 15.5 Å². The van der Waals surface area contributed by atoms with Crippen LogP contribution in [0.15, 0.2) is 84.9 Å². The molecule has 2 heterocycles. The molecule has 2 aliphatic heterocycles. The SMILES string of the molecule is O=C1CCC(N2Cc3cc(CNCCOc4ccc(/C(=C(\CCCl)c5ccc(O)cc5)c5ccc(O)cc5)cc4)cc(F)c3C2=O)C(=O)N1. The summed E-state index contributed by atoms with van der Waals surface area (Å²) in [5, 5.41) is 25.3. The van der Waals surface area contributed by atoms with Gasteiger partial charge in [0.1, 0.15) is 35.7 Å². The molecule has 252 valence electrons. The molecule has 1 atom stereocenters. The van der Waals surface area contributed by atoms with Gasteiger partial charge in [0.25, 0.3) is 5.91 Å². The van der Waals surface area contributed by atoms with Crippen molar-refractivity contribution in [3.05, 3.63) is 124 Å². The average molecular weight is 684 g/mol. The Morgan fingerprint density at radius 3 is 2.18 bits per heavy atom. The van der Waals surface area contributed by atoms with E-state index in [4.69, 9.17) is 16.3 Å². The number of fused-ring (bicyclic) bond motifs is 1. The molecule has 2 aliphatic rings.